The van der Waals surface area contributed by atoms with Crippen LogP contribution in [0.1, 0.15) is 24.0 Å². The lowest BCUT2D eigenvalue weighted by molar-refractivity contribution is -0.127. The van der Waals surface area contributed by atoms with Gasteiger partial charge in [0.05, 0.1) is 0 Å². The fraction of sp³-hybridized carbons (Fsp3) is 0.211. The highest BCUT2D eigenvalue weighted by molar-refractivity contribution is 5.86. The average molecular weight is 277 g/mol. The third-order valence-corrected chi connectivity index (χ3v) is 3.82. The number of carbonyl (C=O) groups excluding carboxylic acids is 1. The van der Waals surface area contributed by atoms with Gasteiger partial charge in [0, 0.05) is 19.5 Å². The van der Waals surface area contributed by atoms with Crippen molar-refractivity contribution in [1.29, 1.82) is 0 Å². The van der Waals surface area contributed by atoms with E-state index in [1.165, 1.54) is 16.7 Å². The van der Waals surface area contributed by atoms with Crippen molar-refractivity contribution in [2.24, 2.45) is 0 Å². The Bertz CT molecular complexity index is 631. The topological polar surface area (TPSA) is 20.3 Å². The first-order valence-corrected chi connectivity index (χ1v) is 7.42. The van der Waals surface area contributed by atoms with Gasteiger partial charge in [-0.2, -0.15) is 0 Å². The molecule has 0 atom stereocenters. The van der Waals surface area contributed by atoms with Crippen LogP contribution in [0.3, 0.4) is 0 Å². The normalized spacial score (nSPS) is 15.5. The van der Waals surface area contributed by atoms with Gasteiger partial charge in [-0.15, -0.1) is 0 Å². The van der Waals surface area contributed by atoms with Crippen LogP contribution in [-0.2, 0) is 4.79 Å². The molecule has 2 heteroatoms. The maximum Gasteiger partial charge on any atom is 0.222 e. The van der Waals surface area contributed by atoms with Gasteiger partial charge in [-0.3, -0.25) is 4.79 Å². The molecule has 2 aromatic carbocycles. The Kier molecular flexibility index (Phi) is 4.15. The number of rotatable bonds is 4. The minimum atomic E-state index is 0.268. The van der Waals surface area contributed by atoms with Gasteiger partial charge in [-0.1, -0.05) is 60.7 Å². The minimum absolute atomic E-state index is 0.268. The van der Waals surface area contributed by atoms with Crippen LogP contribution in [0.4, 0.5) is 0 Å². The van der Waals surface area contributed by atoms with Gasteiger partial charge in [-0.25, -0.2) is 0 Å². The van der Waals surface area contributed by atoms with Crippen LogP contribution < -0.4 is 0 Å². The third kappa shape index (κ3) is 3.40. The second-order valence-electron chi connectivity index (χ2n) is 5.37. The van der Waals surface area contributed by atoms with Gasteiger partial charge in [0.1, 0.15) is 0 Å². The van der Waals surface area contributed by atoms with Crippen molar-refractivity contribution >= 4 is 17.6 Å². The second kappa shape index (κ2) is 6.40. The highest BCUT2D eigenvalue weighted by Gasteiger charge is 2.21. The fourth-order valence-electron chi connectivity index (χ4n) is 2.70. The first-order valence-electron chi connectivity index (χ1n) is 7.42. The largest absolute Gasteiger partial charge is 0.338 e. The summed E-state index contributed by atoms with van der Waals surface area (Å²) < 4.78 is 0. The molecule has 0 saturated carbocycles. The first-order chi connectivity index (χ1) is 10.3. The van der Waals surface area contributed by atoms with E-state index in [9.17, 15) is 4.79 Å². The Morgan fingerprint density at radius 1 is 1.00 bits per heavy atom. The molecule has 1 heterocycles. The van der Waals surface area contributed by atoms with Crippen molar-refractivity contribution < 1.29 is 4.79 Å². The Morgan fingerprint density at radius 3 is 2.29 bits per heavy atom. The molecule has 0 unspecified atom stereocenters. The van der Waals surface area contributed by atoms with Crippen LogP contribution in [-0.4, -0.2) is 23.9 Å². The van der Waals surface area contributed by atoms with Crippen molar-refractivity contribution in [2.45, 2.75) is 12.8 Å². The molecule has 2 aromatic rings. The zero-order valence-electron chi connectivity index (χ0n) is 12.0. The third-order valence-electron chi connectivity index (χ3n) is 3.82. The Balaban J connectivity index is 1.91. The predicted octanol–water partition coefficient (Wildman–Crippen LogP) is 3.85. The molecule has 2 nitrogen and oxygen atoms in total. The molecule has 0 bridgehead atoms. The Morgan fingerprint density at radius 2 is 1.67 bits per heavy atom. The molecule has 1 saturated heterocycles. The molecule has 1 amide bonds. The van der Waals surface area contributed by atoms with Crippen molar-refractivity contribution in [3.63, 3.8) is 0 Å². The summed E-state index contributed by atoms with van der Waals surface area (Å²) in [6.07, 6.45) is 3.85. The second-order valence-corrected chi connectivity index (χ2v) is 5.37. The number of nitrogens with zero attached hydrogens (tertiary/aromatic N) is 1. The minimum Gasteiger partial charge on any atom is -0.338 e. The van der Waals surface area contributed by atoms with E-state index in [2.05, 4.69) is 30.3 Å². The molecule has 0 N–H and O–H groups in total. The van der Waals surface area contributed by atoms with Crippen molar-refractivity contribution in [1.82, 2.24) is 4.90 Å². The van der Waals surface area contributed by atoms with E-state index >= 15 is 0 Å². The molecule has 1 fully saturated rings. The van der Waals surface area contributed by atoms with E-state index in [-0.39, 0.29) is 5.91 Å². The lowest BCUT2D eigenvalue weighted by atomic mass is 10.0. The smallest absolute Gasteiger partial charge is 0.222 e. The maximum atomic E-state index is 11.9. The van der Waals surface area contributed by atoms with Crippen LogP contribution in [0, 0.1) is 0 Å². The maximum absolute atomic E-state index is 11.9. The molecule has 1 aliphatic heterocycles. The molecular formula is C19H19NO. The molecule has 106 valence electrons. The molecule has 0 spiro atoms. The molecule has 1 aliphatic rings. The van der Waals surface area contributed by atoms with E-state index in [0.717, 1.165) is 13.0 Å². The zero-order valence-corrected chi connectivity index (χ0v) is 12.0. The van der Waals surface area contributed by atoms with Gasteiger partial charge >= 0.3 is 0 Å². The summed E-state index contributed by atoms with van der Waals surface area (Å²) in [5.74, 6) is 0.268. The van der Waals surface area contributed by atoms with Gasteiger partial charge < -0.3 is 4.90 Å². The van der Waals surface area contributed by atoms with Crippen LogP contribution in [0.25, 0.3) is 11.6 Å². The van der Waals surface area contributed by atoms with Gasteiger partial charge in [0.15, 0.2) is 0 Å². The molecule has 3 rings (SSSR count). The zero-order chi connectivity index (χ0) is 14.5. The highest BCUT2D eigenvalue weighted by Crippen LogP contribution is 2.22. The van der Waals surface area contributed by atoms with E-state index in [4.69, 9.17) is 0 Å². The number of benzene rings is 2. The summed E-state index contributed by atoms with van der Waals surface area (Å²) >= 11 is 0. The summed E-state index contributed by atoms with van der Waals surface area (Å²) in [5.41, 5.74) is 3.54. The summed E-state index contributed by atoms with van der Waals surface area (Å²) in [5, 5.41) is 0. The lowest BCUT2D eigenvalue weighted by Crippen LogP contribution is -2.26. The van der Waals surface area contributed by atoms with Gasteiger partial charge in [0.2, 0.25) is 5.91 Å². The summed E-state index contributed by atoms with van der Waals surface area (Å²) in [7, 11) is 0. The van der Waals surface area contributed by atoms with Crippen LogP contribution in [0.2, 0.25) is 0 Å². The molecule has 0 aromatic heterocycles. The fourth-order valence-corrected chi connectivity index (χ4v) is 2.70. The predicted molar refractivity (Wildman–Crippen MR) is 86.6 cm³/mol. The van der Waals surface area contributed by atoms with Crippen molar-refractivity contribution in [3.05, 3.63) is 71.8 Å². The van der Waals surface area contributed by atoms with Gasteiger partial charge in [0.25, 0.3) is 0 Å². The van der Waals surface area contributed by atoms with E-state index in [1.807, 2.05) is 41.3 Å². The summed E-state index contributed by atoms with van der Waals surface area (Å²) in [4.78, 5) is 13.9. The average Bonchev–Trinajstić information content (AvgIpc) is 2.94. The van der Waals surface area contributed by atoms with Gasteiger partial charge in [-0.05, 0) is 29.2 Å². The lowest BCUT2D eigenvalue weighted by Gasteiger charge is -2.18. The monoisotopic (exact) mass is 277 g/mol. The van der Waals surface area contributed by atoms with E-state index in [1.54, 1.807) is 0 Å². The number of carbonyl (C=O) groups is 1. The highest BCUT2D eigenvalue weighted by atomic mass is 16.2. The van der Waals surface area contributed by atoms with Crippen LogP contribution in [0.5, 0.6) is 0 Å². The number of amides is 1. The van der Waals surface area contributed by atoms with E-state index in [0.29, 0.717) is 13.0 Å². The van der Waals surface area contributed by atoms with Crippen LogP contribution in [0.15, 0.2) is 60.7 Å². The number of hydrogen-bond donors (Lipinski definition) is 0. The van der Waals surface area contributed by atoms with E-state index < -0.39 is 0 Å². The molecule has 0 radical (unpaired) electrons. The Labute approximate surface area is 125 Å². The molecular weight excluding hydrogens is 258 g/mol. The number of likely N-dealkylation sites (tertiary alicyclic amines) is 1. The quantitative estimate of drug-likeness (QED) is 0.777. The summed E-state index contributed by atoms with van der Waals surface area (Å²) in [6, 6.07) is 20.6. The molecule has 0 aliphatic carbocycles. The summed E-state index contributed by atoms with van der Waals surface area (Å²) in [6.45, 7) is 1.57. The van der Waals surface area contributed by atoms with Crippen molar-refractivity contribution in [3.8, 4) is 0 Å². The first kappa shape index (κ1) is 13.6. The number of hydrogen-bond acceptors (Lipinski definition) is 1. The Hall–Kier alpha value is -2.35. The van der Waals surface area contributed by atoms with Crippen molar-refractivity contribution in [2.75, 3.05) is 13.1 Å². The van der Waals surface area contributed by atoms with Crippen LogP contribution >= 0.6 is 0 Å². The molecule has 21 heavy (non-hydrogen) atoms. The standard InChI is InChI=1S/C19H19NO/c21-19-12-7-13-20(19)15-18(17-10-5-2-6-11-17)14-16-8-3-1-4-9-16/h1-6,8-11,14H,7,12-13,15H2/b18-14-. The SMILES string of the molecule is O=C1CCCN1C/C(=C/c1ccccc1)c1ccccc1.